The number of aromatic nitrogens is 1. The summed E-state index contributed by atoms with van der Waals surface area (Å²) in [5.41, 5.74) is 0.792. The molecule has 25 heavy (non-hydrogen) atoms. The molecule has 0 radical (unpaired) electrons. The maximum atomic E-state index is 14.2. The van der Waals surface area contributed by atoms with E-state index in [1.165, 1.54) is 24.4 Å². The first-order valence-corrected chi connectivity index (χ1v) is 8.20. The molecule has 0 amide bonds. The van der Waals surface area contributed by atoms with Gasteiger partial charge in [-0.2, -0.15) is 0 Å². The van der Waals surface area contributed by atoms with Crippen LogP contribution >= 0.6 is 15.9 Å². The van der Waals surface area contributed by atoms with Gasteiger partial charge in [0.1, 0.15) is 18.2 Å². The monoisotopic (exact) mass is 401 g/mol. The average Bonchev–Trinajstić information content (AvgIpc) is 2.61. The van der Waals surface area contributed by atoms with E-state index in [-0.39, 0.29) is 11.3 Å². The van der Waals surface area contributed by atoms with Gasteiger partial charge in [-0.15, -0.1) is 0 Å². The highest BCUT2D eigenvalue weighted by Gasteiger charge is 2.15. The van der Waals surface area contributed by atoms with Gasteiger partial charge in [-0.05, 0) is 39.7 Å². The van der Waals surface area contributed by atoms with E-state index >= 15 is 0 Å². The minimum atomic E-state index is -0.799. The molecule has 3 rings (SSSR count). The lowest BCUT2D eigenvalue weighted by atomic mass is 10.2. The summed E-state index contributed by atoms with van der Waals surface area (Å²) in [4.78, 5) is 16.0. The number of pyridine rings is 1. The first-order chi connectivity index (χ1) is 12.1. The Hall–Kier alpha value is -2.73. The van der Waals surface area contributed by atoms with Crippen molar-refractivity contribution >= 4 is 21.9 Å². The first-order valence-electron chi connectivity index (χ1n) is 7.41. The molecule has 0 saturated carbocycles. The van der Waals surface area contributed by atoms with Crippen molar-refractivity contribution in [2.45, 2.75) is 6.61 Å². The van der Waals surface area contributed by atoms with Gasteiger partial charge in [0.05, 0.1) is 11.8 Å². The van der Waals surface area contributed by atoms with Crippen molar-refractivity contribution in [3.63, 3.8) is 0 Å². The number of ether oxygens (including phenoxy) is 2. The van der Waals surface area contributed by atoms with Crippen LogP contribution in [0.3, 0.4) is 0 Å². The lowest BCUT2D eigenvalue weighted by Gasteiger charge is -2.09. The zero-order chi connectivity index (χ0) is 17.6. The van der Waals surface area contributed by atoms with E-state index in [0.717, 1.165) is 5.56 Å². The number of halogens is 2. The second-order valence-electron chi connectivity index (χ2n) is 5.14. The van der Waals surface area contributed by atoms with Crippen LogP contribution in [0.4, 0.5) is 4.39 Å². The van der Waals surface area contributed by atoms with E-state index in [2.05, 4.69) is 20.9 Å². The maximum absolute atomic E-state index is 14.2. The summed E-state index contributed by atoms with van der Waals surface area (Å²) in [6.07, 6.45) is 2.93. The van der Waals surface area contributed by atoms with Crippen LogP contribution in [0.15, 0.2) is 71.5 Å². The normalized spacial score (nSPS) is 10.3. The van der Waals surface area contributed by atoms with Crippen molar-refractivity contribution in [3.05, 3.63) is 88.4 Å². The molecule has 0 aliphatic rings. The molecule has 3 aromatic rings. The van der Waals surface area contributed by atoms with Crippen LogP contribution in [0.1, 0.15) is 15.9 Å². The summed E-state index contributed by atoms with van der Waals surface area (Å²) in [6, 6.07) is 15.1. The first kappa shape index (κ1) is 17.1. The molecule has 0 aliphatic carbocycles. The van der Waals surface area contributed by atoms with Gasteiger partial charge >= 0.3 is 5.97 Å². The second-order valence-corrected chi connectivity index (χ2v) is 6.06. The number of rotatable bonds is 5. The fourth-order valence-corrected chi connectivity index (χ4v) is 2.45. The molecule has 1 aromatic heterocycles. The molecule has 6 heteroatoms. The summed E-state index contributed by atoms with van der Waals surface area (Å²) < 4.78 is 25.5. The van der Waals surface area contributed by atoms with E-state index in [4.69, 9.17) is 9.47 Å². The summed E-state index contributed by atoms with van der Waals surface area (Å²) in [6.45, 7) is 0.313. The van der Waals surface area contributed by atoms with E-state index in [0.29, 0.717) is 16.8 Å². The zero-order valence-corrected chi connectivity index (χ0v) is 14.6. The summed E-state index contributed by atoms with van der Waals surface area (Å²) in [7, 11) is 0. The molecule has 4 nitrogen and oxygen atoms in total. The van der Waals surface area contributed by atoms with E-state index in [9.17, 15) is 9.18 Å². The molecule has 2 aromatic carbocycles. The molecule has 0 spiro atoms. The van der Waals surface area contributed by atoms with Crippen molar-refractivity contribution < 1.29 is 18.7 Å². The molecular formula is C19H13BrFNO3. The van der Waals surface area contributed by atoms with Crippen LogP contribution in [-0.2, 0) is 6.61 Å². The Morgan fingerprint density at radius 3 is 2.56 bits per heavy atom. The quantitative estimate of drug-likeness (QED) is 0.577. The molecule has 0 N–H and O–H groups in total. The highest BCUT2D eigenvalue weighted by Crippen LogP contribution is 2.21. The number of hydrogen-bond acceptors (Lipinski definition) is 4. The van der Waals surface area contributed by atoms with E-state index in [1.54, 1.807) is 12.3 Å². The van der Waals surface area contributed by atoms with Gasteiger partial charge in [0.15, 0.2) is 5.75 Å². The minimum Gasteiger partial charge on any atom is -0.489 e. The number of hydrogen-bond donors (Lipinski definition) is 0. The van der Waals surface area contributed by atoms with Gasteiger partial charge in [0.25, 0.3) is 0 Å². The highest BCUT2D eigenvalue weighted by atomic mass is 79.9. The lowest BCUT2D eigenvalue weighted by Crippen LogP contribution is -2.11. The second kappa shape index (κ2) is 7.90. The summed E-state index contributed by atoms with van der Waals surface area (Å²) >= 11 is 3.22. The van der Waals surface area contributed by atoms with Gasteiger partial charge in [-0.1, -0.05) is 30.3 Å². The number of benzene rings is 2. The molecule has 0 aliphatic heterocycles. The molecule has 0 bridgehead atoms. The molecule has 1 heterocycles. The number of carbonyl (C=O) groups is 1. The molecular weight excluding hydrogens is 389 g/mol. The van der Waals surface area contributed by atoms with Gasteiger partial charge < -0.3 is 9.47 Å². The van der Waals surface area contributed by atoms with Gasteiger partial charge in [-0.3, -0.25) is 4.98 Å². The van der Waals surface area contributed by atoms with Crippen LogP contribution in [-0.4, -0.2) is 11.0 Å². The number of esters is 1. The molecule has 0 unspecified atom stereocenters. The number of nitrogens with zero attached hydrogens (tertiary/aromatic N) is 1. The third-order valence-corrected chi connectivity index (χ3v) is 3.73. The Bertz CT molecular complexity index is 887. The van der Waals surface area contributed by atoms with Crippen LogP contribution in [0, 0.1) is 5.82 Å². The summed E-state index contributed by atoms with van der Waals surface area (Å²) in [5.74, 6) is -0.948. The van der Waals surface area contributed by atoms with Crippen molar-refractivity contribution in [1.82, 2.24) is 4.98 Å². The third kappa shape index (κ3) is 4.64. The smallest absolute Gasteiger partial charge is 0.346 e. The predicted octanol–water partition coefficient (Wildman–Crippen LogP) is 4.78. The maximum Gasteiger partial charge on any atom is 0.346 e. The van der Waals surface area contributed by atoms with Crippen LogP contribution in [0.25, 0.3) is 0 Å². The highest BCUT2D eigenvalue weighted by molar-refractivity contribution is 9.10. The summed E-state index contributed by atoms with van der Waals surface area (Å²) in [5, 5.41) is 0. The zero-order valence-electron chi connectivity index (χ0n) is 13.0. The molecule has 0 atom stereocenters. The Balaban J connectivity index is 1.67. The van der Waals surface area contributed by atoms with Gasteiger partial charge in [-0.25, -0.2) is 9.18 Å². The van der Waals surface area contributed by atoms with Gasteiger partial charge in [0.2, 0.25) is 0 Å². The average molecular weight is 402 g/mol. The Kier molecular flexibility index (Phi) is 5.40. The Morgan fingerprint density at radius 1 is 1.04 bits per heavy atom. The fourth-order valence-electron chi connectivity index (χ4n) is 2.10. The molecule has 126 valence electrons. The fraction of sp³-hybridized carbons (Fsp3) is 0.0526. The van der Waals surface area contributed by atoms with Crippen molar-refractivity contribution in [1.29, 1.82) is 0 Å². The topological polar surface area (TPSA) is 48.4 Å². The molecule has 0 saturated heterocycles. The van der Waals surface area contributed by atoms with Crippen LogP contribution in [0.5, 0.6) is 11.5 Å². The molecule has 0 fully saturated rings. The van der Waals surface area contributed by atoms with Gasteiger partial charge in [0, 0.05) is 16.7 Å². The third-order valence-electron chi connectivity index (χ3n) is 3.30. The Labute approximate surface area is 152 Å². The van der Waals surface area contributed by atoms with Crippen molar-refractivity contribution in [3.8, 4) is 11.5 Å². The van der Waals surface area contributed by atoms with Crippen molar-refractivity contribution in [2.24, 2.45) is 0 Å². The van der Waals surface area contributed by atoms with E-state index < -0.39 is 11.8 Å². The Morgan fingerprint density at radius 2 is 1.84 bits per heavy atom. The standard InChI is InChI=1S/C19H13BrFNO3/c20-14-8-16(11-22-10-14)25-19(23)17-7-6-15(9-18(17)21)24-12-13-4-2-1-3-5-13/h1-11H,12H2. The largest absolute Gasteiger partial charge is 0.489 e. The minimum absolute atomic E-state index is 0.174. The lowest BCUT2D eigenvalue weighted by molar-refractivity contribution is 0.0729. The SMILES string of the molecule is O=C(Oc1cncc(Br)c1)c1ccc(OCc2ccccc2)cc1F. The predicted molar refractivity (Wildman–Crippen MR) is 94.1 cm³/mol. The van der Waals surface area contributed by atoms with Crippen LogP contribution < -0.4 is 9.47 Å². The van der Waals surface area contributed by atoms with Crippen LogP contribution in [0.2, 0.25) is 0 Å². The van der Waals surface area contributed by atoms with E-state index in [1.807, 2.05) is 30.3 Å². The van der Waals surface area contributed by atoms with Crippen molar-refractivity contribution in [2.75, 3.05) is 0 Å². The number of carbonyl (C=O) groups excluding carboxylic acids is 1.